The first-order valence-corrected chi connectivity index (χ1v) is 7.78. The number of aromatic nitrogens is 2. The molecule has 0 spiro atoms. The van der Waals surface area contributed by atoms with Gasteiger partial charge in [0, 0.05) is 23.3 Å². The van der Waals surface area contributed by atoms with Crippen LogP contribution in [-0.2, 0) is 0 Å². The average Bonchev–Trinajstić information content (AvgIpc) is 3.13. The Labute approximate surface area is 114 Å². The number of hydrogen-bond acceptors (Lipinski definition) is 4. The number of thioether (sulfide) groups is 1. The van der Waals surface area contributed by atoms with Gasteiger partial charge in [-0.05, 0) is 26.2 Å². The Bertz CT molecular complexity index is 414. The van der Waals surface area contributed by atoms with Crippen LogP contribution in [0.3, 0.4) is 0 Å². The first kappa shape index (κ1) is 13.7. The number of nitrogens with zero attached hydrogens (tertiary/aromatic N) is 2. The molecule has 0 unspecified atom stereocenters. The molecule has 1 saturated carbocycles. The molecule has 0 bridgehead atoms. The summed E-state index contributed by atoms with van der Waals surface area (Å²) < 4.78 is 0. The highest BCUT2D eigenvalue weighted by Gasteiger charge is 2.28. The lowest BCUT2D eigenvalue weighted by Crippen LogP contribution is -2.09. The predicted octanol–water partition coefficient (Wildman–Crippen LogP) is 3.98. The van der Waals surface area contributed by atoms with Crippen molar-refractivity contribution in [3.63, 3.8) is 0 Å². The van der Waals surface area contributed by atoms with Crippen molar-refractivity contribution in [2.75, 3.05) is 11.9 Å². The maximum atomic E-state index is 4.76. The molecule has 0 aromatic carbocycles. The molecule has 1 heterocycles. The van der Waals surface area contributed by atoms with Crippen molar-refractivity contribution < 1.29 is 0 Å². The number of rotatable bonds is 6. The molecule has 1 aromatic heterocycles. The fourth-order valence-electron chi connectivity index (χ4n) is 1.79. The molecule has 1 aliphatic carbocycles. The average molecular weight is 265 g/mol. The minimum Gasteiger partial charge on any atom is -0.370 e. The zero-order valence-electron chi connectivity index (χ0n) is 11.8. The van der Waals surface area contributed by atoms with Gasteiger partial charge < -0.3 is 5.32 Å². The molecule has 2 rings (SSSR count). The van der Waals surface area contributed by atoms with E-state index in [0.29, 0.717) is 11.2 Å². The van der Waals surface area contributed by atoms with Gasteiger partial charge in [-0.2, -0.15) is 0 Å². The molecule has 0 saturated heterocycles. The summed E-state index contributed by atoms with van der Waals surface area (Å²) >= 11 is 1.84. The van der Waals surface area contributed by atoms with Crippen LogP contribution in [0.1, 0.15) is 57.3 Å². The van der Waals surface area contributed by atoms with Crippen LogP contribution in [-0.4, -0.2) is 21.8 Å². The zero-order chi connectivity index (χ0) is 13.1. The van der Waals surface area contributed by atoms with E-state index in [1.807, 2.05) is 11.8 Å². The van der Waals surface area contributed by atoms with E-state index in [9.17, 15) is 0 Å². The maximum absolute atomic E-state index is 4.76. The Morgan fingerprint density at radius 1 is 1.33 bits per heavy atom. The van der Waals surface area contributed by atoms with Crippen LogP contribution in [0.5, 0.6) is 0 Å². The fraction of sp³-hybridized carbons (Fsp3) is 0.714. The van der Waals surface area contributed by atoms with Crippen LogP contribution in [0.25, 0.3) is 0 Å². The van der Waals surface area contributed by atoms with Crippen LogP contribution in [0.15, 0.2) is 5.03 Å². The summed E-state index contributed by atoms with van der Waals surface area (Å²) in [7, 11) is 0. The van der Waals surface area contributed by atoms with Gasteiger partial charge in [-0.25, -0.2) is 9.97 Å². The van der Waals surface area contributed by atoms with E-state index in [0.717, 1.165) is 29.6 Å². The molecule has 0 atom stereocenters. The molecule has 0 radical (unpaired) electrons. The summed E-state index contributed by atoms with van der Waals surface area (Å²) in [6.45, 7) is 9.70. The molecule has 1 N–H and O–H groups in total. The second-order valence-electron chi connectivity index (χ2n) is 5.23. The Morgan fingerprint density at radius 3 is 2.61 bits per heavy atom. The SMILES string of the molecule is CCCNc1nc(C2CC2)nc(SC(C)C)c1C. The van der Waals surface area contributed by atoms with Gasteiger partial charge in [0.25, 0.3) is 0 Å². The molecule has 3 nitrogen and oxygen atoms in total. The predicted molar refractivity (Wildman–Crippen MR) is 78.5 cm³/mol. The minimum atomic E-state index is 0.560. The van der Waals surface area contributed by atoms with Crippen molar-refractivity contribution in [1.29, 1.82) is 0 Å². The summed E-state index contributed by atoms with van der Waals surface area (Å²) in [6, 6.07) is 0. The highest BCUT2D eigenvalue weighted by Crippen LogP contribution is 2.40. The Hall–Kier alpha value is -0.770. The van der Waals surface area contributed by atoms with Crippen molar-refractivity contribution in [2.45, 2.75) is 63.2 Å². The van der Waals surface area contributed by atoms with Gasteiger partial charge in [0.1, 0.15) is 16.7 Å². The summed E-state index contributed by atoms with van der Waals surface area (Å²) in [4.78, 5) is 9.46. The van der Waals surface area contributed by atoms with Crippen LogP contribution in [0, 0.1) is 6.92 Å². The lowest BCUT2D eigenvalue weighted by Gasteiger charge is -2.14. The molecule has 4 heteroatoms. The van der Waals surface area contributed by atoms with Crippen molar-refractivity contribution >= 4 is 17.6 Å². The van der Waals surface area contributed by atoms with Gasteiger partial charge in [0.05, 0.1) is 0 Å². The highest BCUT2D eigenvalue weighted by molar-refractivity contribution is 7.99. The Balaban J connectivity index is 2.28. The first-order valence-electron chi connectivity index (χ1n) is 6.90. The fourth-order valence-corrected chi connectivity index (χ4v) is 2.66. The maximum Gasteiger partial charge on any atom is 0.135 e. The third-order valence-corrected chi connectivity index (χ3v) is 4.04. The second kappa shape index (κ2) is 5.91. The summed E-state index contributed by atoms with van der Waals surface area (Å²) in [5, 5.41) is 5.15. The van der Waals surface area contributed by atoms with E-state index < -0.39 is 0 Å². The van der Waals surface area contributed by atoms with E-state index in [2.05, 4.69) is 33.0 Å². The summed E-state index contributed by atoms with van der Waals surface area (Å²) in [6.07, 6.45) is 3.62. The van der Waals surface area contributed by atoms with Gasteiger partial charge in [-0.1, -0.05) is 20.8 Å². The molecular weight excluding hydrogens is 242 g/mol. The van der Waals surface area contributed by atoms with Crippen LogP contribution in [0.2, 0.25) is 0 Å². The molecule has 0 amide bonds. The van der Waals surface area contributed by atoms with Crippen molar-refractivity contribution in [2.24, 2.45) is 0 Å². The van der Waals surface area contributed by atoms with Crippen molar-refractivity contribution in [3.8, 4) is 0 Å². The van der Waals surface area contributed by atoms with E-state index in [1.54, 1.807) is 0 Å². The third-order valence-electron chi connectivity index (χ3n) is 2.95. The standard InChI is InChI=1S/C14H23N3S/c1-5-8-15-12-10(4)14(18-9(2)3)17-13(16-12)11-6-7-11/h9,11H,5-8H2,1-4H3,(H,15,16,17). The van der Waals surface area contributed by atoms with E-state index in [-0.39, 0.29) is 0 Å². The van der Waals surface area contributed by atoms with Gasteiger partial charge in [0.15, 0.2) is 0 Å². The van der Waals surface area contributed by atoms with Gasteiger partial charge >= 0.3 is 0 Å². The normalized spacial score (nSPS) is 15.2. The van der Waals surface area contributed by atoms with E-state index in [1.165, 1.54) is 18.4 Å². The third kappa shape index (κ3) is 3.37. The molecule has 1 aliphatic rings. The quantitative estimate of drug-likeness (QED) is 0.623. The smallest absolute Gasteiger partial charge is 0.135 e. The van der Waals surface area contributed by atoms with E-state index in [4.69, 9.17) is 9.97 Å². The van der Waals surface area contributed by atoms with Crippen molar-refractivity contribution in [3.05, 3.63) is 11.4 Å². The topological polar surface area (TPSA) is 37.8 Å². The number of anilines is 1. The lowest BCUT2D eigenvalue weighted by molar-refractivity contribution is 0.851. The zero-order valence-corrected chi connectivity index (χ0v) is 12.6. The Kier molecular flexibility index (Phi) is 4.49. The van der Waals surface area contributed by atoms with Gasteiger partial charge in [0.2, 0.25) is 0 Å². The Morgan fingerprint density at radius 2 is 2.06 bits per heavy atom. The molecular formula is C14H23N3S. The highest BCUT2D eigenvalue weighted by atomic mass is 32.2. The molecule has 18 heavy (non-hydrogen) atoms. The summed E-state index contributed by atoms with van der Waals surface area (Å²) in [5.41, 5.74) is 1.20. The van der Waals surface area contributed by atoms with Crippen LogP contribution < -0.4 is 5.32 Å². The van der Waals surface area contributed by atoms with E-state index >= 15 is 0 Å². The minimum absolute atomic E-state index is 0.560. The van der Waals surface area contributed by atoms with Gasteiger partial charge in [-0.15, -0.1) is 11.8 Å². The van der Waals surface area contributed by atoms with Gasteiger partial charge in [-0.3, -0.25) is 0 Å². The lowest BCUT2D eigenvalue weighted by atomic mass is 10.3. The molecule has 1 fully saturated rings. The molecule has 0 aliphatic heterocycles. The summed E-state index contributed by atoms with van der Waals surface area (Å²) in [5.74, 6) is 2.69. The monoisotopic (exact) mass is 265 g/mol. The number of hydrogen-bond donors (Lipinski definition) is 1. The van der Waals surface area contributed by atoms with Crippen LogP contribution >= 0.6 is 11.8 Å². The molecule has 100 valence electrons. The first-order chi connectivity index (χ1) is 8.61. The van der Waals surface area contributed by atoms with Crippen LogP contribution in [0.4, 0.5) is 5.82 Å². The van der Waals surface area contributed by atoms with Crippen molar-refractivity contribution in [1.82, 2.24) is 9.97 Å². The molecule has 1 aromatic rings. The number of nitrogens with one attached hydrogen (secondary N) is 1. The second-order valence-corrected chi connectivity index (χ2v) is 6.79. The largest absolute Gasteiger partial charge is 0.370 e.